The minimum Gasteiger partial charge on any atom is -0.379 e. The van der Waals surface area contributed by atoms with Crippen LogP contribution in [0.1, 0.15) is 37.6 Å². The van der Waals surface area contributed by atoms with Gasteiger partial charge in [0.2, 0.25) is 0 Å². The summed E-state index contributed by atoms with van der Waals surface area (Å²) < 4.78 is 0. The van der Waals surface area contributed by atoms with E-state index in [1.54, 1.807) is 0 Å². The third kappa shape index (κ3) is 3.82. The fraction of sp³-hybridized carbons (Fsp3) is 0.353. The molecule has 2 nitrogen and oxygen atoms in total. The number of hydrogen-bond acceptors (Lipinski definition) is 2. The number of pyridine rings is 1. The number of nitrogens with zero attached hydrogens (tertiary/aromatic N) is 1. The third-order valence-corrected chi connectivity index (χ3v) is 3.20. The van der Waals surface area contributed by atoms with Crippen LogP contribution in [-0.2, 0) is 12.0 Å². The first-order valence-electron chi connectivity index (χ1n) is 6.71. The van der Waals surface area contributed by atoms with E-state index in [2.05, 4.69) is 74.4 Å². The van der Waals surface area contributed by atoms with Crippen LogP contribution in [-0.4, -0.2) is 4.98 Å². The van der Waals surface area contributed by atoms with Gasteiger partial charge in [0.25, 0.3) is 0 Å². The molecule has 0 aliphatic heterocycles. The van der Waals surface area contributed by atoms with Crippen molar-refractivity contribution in [3.8, 4) is 0 Å². The Bertz CT molecular complexity index is 519. The number of aryl methyl sites for hydroxylation is 1. The predicted octanol–water partition coefficient (Wildman–Crippen LogP) is 4.30. The van der Waals surface area contributed by atoms with Gasteiger partial charge in [-0.3, -0.25) is 4.98 Å². The monoisotopic (exact) mass is 254 g/mol. The maximum absolute atomic E-state index is 4.39. The highest BCUT2D eigenvalue weighted by molar-refractivity contribution is 5.46. The van der Waals surface area contributed by atoms with Gasteiger partial charge in [-0.15, -0.1) is 0 Å². The molecule has 19 heavy (non-hydrogen) atoms. The number of hydrogen-bond donors (Lipinski definition) is 1. The average Bonchev–Trinajstić information content (AvgIpc) is 2.37. The fourth-order valence-electron chi connectivity index (χ4n) is 1.88. The topological polar surface area (TPSA) is 24.9 Å². The van der Waals surface area contributed by atoms with Gasteiger partial charge < -0.3 is 5.32 Å². The molecule has 0 fully saturated rings. The molecule has 0 aliphatic carbocycles. The van der Waals surface area contributed by atoms with Crippen molar-refractivity contribution in [2.45, 2.75) is 39.7 Å². The Labute approximate surface area is 115 Å². The van der Waals surface area contributed by atoms with Gasteiger partial charge in [0.05, 0.1) is 12.2 Å². The van der Waals surface area contributed by atoms with E-state index in [1.807, 2.05) is 6.20 Å². The Hall–Kier alpha value is -1.83. The van der Waals surface area contributed by atoms with Crippen molar-refractivity contribution in [3.63, 3.8) is 0 Å². The molecule has 0 radical (unpaired) electrons. The lowest BCUT2D eigenvalue weighted by atomic mass is 9.87. The van der Waals surface area contributed by atoms with Gasteiger partial charge in [-0.25, -0.2) is 0 Å². The first-order valence-corrected chi connectivity index (χ1v) is 6.71. The van der Waals surface area contributed by atoms with E-state index in [0.717, 1.165) is 17.9 Å². The molecular formula is C17H22N2. The molecule has 100 valence electrons. The summed E-state index contributed by atoms with van der Waals surface area (Å²) >= 11 is 0. The second-order valence-electron chi connectivity index (χ2n) is 6.01. The van der Waals surface area contributed by atoms with Crippen molar-refractivity contribution >= 4 is 5.69 Å². The molecule has 1 heterocycles. The van der Waals surface area contributed by atoms with Gasteiger partial charge in [-0.05, 0) is 41.7 Å². The summed E-state index contributed by atoms with van der Waals surface area (Å²) in [4.78, 5) is 4.39. The van der Waals surface area contributed by atoms with Crippen LogP contribution in [0.5, 0.6) is 0 Å². The predicted molar refractivity (Wildman–Crippen MR) is 81.4 cm³/mol. The lowest BCUT2D eigenvalue weighted by molar-refractivity contribution is 0.590. The summed E-state index contributed by atoms with van der Waals surface area (Å²) in [5.41, 5.74) is 4.95. The van der Waals surface area contributed by atoms with Crippen LogP contribution >= 0.6 is 0 Å². The fourth-order valence-corrected chi connectivity index (χ4v) is 1.88. The Morgan fingerprint density at radius 2 is 1.68 bits per heavy atom. The van der Waals surface area contributed by atoms with Crippen LogP contribution in [0.2, 0.25) is 0 Å². The van der Waals surface area contributed by atoms with Crippen molar-refractivity contribution in [2.75, 3.05) is 5.32 Å². The van der Waals surface area contributed by atoms with E-state index in [4.69, 9.17) is 0 Å². The number of rotatable bonds is 3. The Morgan fingerprint density at radius 3 is 2.21 bits per heavy atom. The largest absolute Gasteiger partial charge is 0.379 e. The van der Waals surface area contributed by atoms with Gasteiger partial charge in [0.15, 0.2) is 0 Å². The molecule has 0 bridgehead atoms. The van der Waals surface area contributed by atoms with Crippen molar-refractivity contribution in [1.29, 1.82) is 0 Å². The highest BCUT2D eigenvalue weighted by Gasteiger charge is 2.12. The van der Waals surface area contributed by atoms with E-state index in [0.29, 0.717) is 0 Å². The zero-order valence-electron chi connectivity index (χ0n) is 12.2. The molecule has 2 aromatic rings. The molecule has 0 aliphatic rings. The van der Waals surface area contributed by atoms with Gasteiger partial charge in [0, 0.05) is 11.9 Å². The molecule has 2 heteroatoms. The normalized spacial score (nSPS) is 11.4. The highest BCUT2D eigenvalue weighted by atomic mass is 14.9. The molecule has 0 amide bonds. The second-order valence-corrected chi connectivity index (χ2v) is 6.01. The lowest BCUT2D eigenvalue weighted by Crippen LogP contribution is -2.10. The average molecular weight is 254 g/mol. The Balaban J connectivity index is 1.98. The maximum atomic E-state index is 4.39. The summed E-state index contributed by atoms with van der Waals surface area (Å²) in [6.45, 7) is 9.49. The van der Waals surface area contributed by atoms with Crippen LogP contribution < -0.4 is 5.32 Å². The number of benzene rings is 1. The van der Waals surface area contributed by atoms with E-state index < -0.39 is 0 Å². The van der Waals surface area contributed by atoms with Gasteiger partial charge in [-0.2, -0.15) is 0 Å². The number of aromatic nitrogens is 1. The molecule has 0 unspecified atom stereocenters. The van der Waals surface area contributed by atoms with Crippen LogP contribution in [0.25, 0.3) is 0 Å². The summed E-state index contributed by atoms with van der Waals surface area (Å²) in [7, 11) is 0. The summed E-state index contributed by atoms with van der Waals surface area (Å²) in [5.74, 6) is 0. The molecule has 0 saturated heterocycles. The maximum Gasteiger partial charge on any atom is 0.0594 e. The smallest absolute Gasteiger partial charge is 0.0594 e. The second kappa shape index (κ2) is 5.43. The number of anilines is 1. The van der Waals surface area contributed by atoms with E-state index in [1.165, 1.54) is 11.1 Å². The van der Waals surface area contributed by atoms with Crippen molar-refractivity contribution in [2.24, 2.45) is 0 Å². The molecule has 1 aromatic carbocycles. The first-order chi connectivity index (χ1) is 8.95. The van der Waals surface area contributed by atoms with Crippen molar-refractivity contribution < 1.29 is 0 Å². The molecule has 1 N–H and O–H groups in total. The number of nitrogens with one attached hydrogen (secondary N) is 1. The minimum atomic E-state index is 0.205. The van der Waals surface area contributed by atoms with E-state index in [9.17, 15) is 0 Å². The standard InChI is InChI=1S/C17H22N2/c1-13-5-8-16(18-11-13)12-19-15-9-6-14(7-10-15)17(2,3)4/h5-11,19H,12H2,1-4H3. The molecule has 0 spiro atoms. The van der Waals surface area contributed by atoms with Crippen LogP contribution in [0.15, 0.2) is 42.6 Å². The van der Waals surface area contributed by atoms with Crippen molar-refractivity contribution in [1.82, 2.24) is 4.98 Å². The van der Waals surface area contributed by atoms with Crippen LogP contribution in [0.3, 0.4) is 0 Å². The zero-order chi connectivity index (χ0) is 13.9. The van der Waals surface area contributed by atoms with Gasteiger partial charge in [0.1, 0.15) is 0 Å². The molecule has 2 rings (SSSR count). The minimum absolute atomic E-state index is 0.205. The van der Waals surface area contributed by atoms with Crippen molar-refractivity contribution in [3.05, 3.63) is 59.4 Å². The first kappa shape index (κ1) is 13.6. The Kier molecular flexibility index (Phi) is 3.89. The van der Waals surface area contributed by atoms with Gasteiger partial charge >= 0.3 is 0 Å². The molecule has 0 saturated carbocycles. The summed E-state index contributed by atoms with van der Waals surface area (Å²) in [6.07, 6.45) is 1.90. The summed E-state index contributed by atoms with van der Waals surface area (Å²) in [5, 5.41) is 3.40. The van der Waals surface area contributed by atoms with E-state index in [-0.39, 0.29) is 5.41 Å². The third-order valence-electron chi connectivity index (χ3n) is 3.20. The zero-order valence-corrected chi connectivity index (χ0v) is 12.2. The SMILES string of the molecule is Cc1ccc(CNc2ccc(C(C)(C)C)cc2)nc1. The van der Waals surface area contributed by atoms with Crippen LogP contribution in [0, 0.1) is 6.92 Å². The Morgan fingerprint density at radius 1 is 1.00 bits per heavy atom. The van der Waals surface area contributed by atoms with E-state index >= 15 is 0 Å². The van der Waals surface area contributed by atoms with Crippen LogP contribution in [0.4, 0.5) is 5.69 Å². The highest BCUT2D eigenvalue weighted by Crippen LogP contribution is 2.23. The molecule has 0 atom stereocenters. The lowest BCUT2D eigenvalue weighted by Gasteiger charge is -2.19. The molecular weight excluding hydrogens is 232 g/mol. The molecule has 1 aromatic heterocycles. The summed E-state index contributed by atoms with van der Waals surface area (Å²) in [6, 6.07) is 12.8. The quantitative estimate of drug-likeness (QED) is 0.883. The van der Waals surface area contributed by atoms with Gasteiger partial charge in [-0.1, -0.05) is 39.0 Å².